The third-order valence-corrected chi connectivity index (χ3v) is 6.21. The summed E-state index contributed by atoms with van der Waals surface area (Å²) in [6.07, 6.45) is 1.98. The van der Waals surface area contributed by atoms with E-state index >= 15 is 0 Å². The van der Waals surface area contributed by atoms with Gasteiger partial charge >= 0.3 is 0 Å². The largest absolute Gasteiger partial charge is 0.497 e. The molecule has 1 atom stereocenters. The molecule has 1 N–H and O–H groups in total. The molecule has 0 unspecified atom stereocenters. The minimum absolute atomic E-state index is 0.0413. The average Bonchev–Trinajstić information content (AvgIpc) is 3.26. The normalized spacial score (nSPS) is 12.4. The number of hydrogen-bond donors (Lipinski definition) is 1. The molecule has 1 amide bonds. The Balaban J connectivity index is 1.58. The number of para-hydroxylation sites is 1. The number of H-pyrrole nitrogens is 1. The topological polar surface area (TPSA) is 54.6 Å². The van der Waals surface area contributed by atoms with Crippen LogP contribution in [0.5, 0.6) is 11.5 Å². The van der Waals surface area contributed by atoms with Gasteiger partial charge in [-0.15, -0.1) is 0 Å². The van der Waals surface area contributed by atoms with Crippen LogP contribution in [-0.4, -0.2) is 36.6 Å². The first-order valence-electron chi connectivity index (χ1n) is 11.5. The van der Waals surface area contributed by atoms with Crippen LogP contribution < -0.4 is 9.47 Å². The van der Waals surface area contributed by atoms with Gasteiger partial charge in [0.2, 0.25) is 0 Å². The first-order valence-corrected chi connectivity index (χ1v) is 11.5. The second kappa shape index (κ2) is 9.64. The van der Waals surface area contributed by atoms with Crippen molar-refractivity contribution in [3.8, 4) is 11.5 Å². The zero-order chi connectivity index (χ0) is 24.3. The molecule has 34 heavy (non-hydrogen) atoms. The summed E-state index contributed by atoms with van der Waals surface area (Å²) < 4.78 is 11.2. The number of aromatic amines is 1. The summed E-state index contributed by atoms with van der Waals surface area (Å²) in [5.74, 6) is 1.35. The monoisotopic (exact) mass is 456 g/mol. The minimum atomic E-state index is -0.276. The number of rotatable bonds is 7. The molecule has 1 aromatic heterocycles. The minimum Gasteiger partial charge on any atom is -0.497 e. The van der Waals surface area contributed by atoms with E-state index in [2.05, 4.69) is 44.0 Å². The summed E-state index contributed by atoms with van der Waals surface area (Å²) in [6.45, 7) is 6.47. The van der Waals surface area contributed by atoms with Crippen molar-refractivity contribution in [2.75, 3.05) is 20.8 Å². The Hall–Kier alpha value is -3.73. The van der Waals surface area contributed by atoms with Gasteiger partial charge in [0.25, 0.3) is 5.91 Å². The number of carbonyl (C=O) groups excluding carboxylic acids is 1. The van der Waals surface area contributed by atoms with E-state index < -0.39 is 0 Å². The molecule has 0 aliphatic rings. The molecular weight excluding hydrogens is 424 g/mol. The van der Waals surface area contributed by atoms with E-state index in [1.54, 1.807) is 12.0 Å². The van der Waals surface area contributed by atoms with Crippen LogP contribution in [0.1, 0.15) is 43.5 Å². The lowest BCUT2D eigenvalue weighted by molar-refractivity contribution is -0.133. The van der Waals surface area contributed by atoms with Gasteiger partial charge in [0, 0.05) is 29.7 Å². The molecule has 5 nitrogen and oxygen atoms in total. The van der Waals surface area contributed by atoms with Gasteiger partial charge in [-0.25, -0.2) is 0 Å². The number of nitrogens with one attached hydrogen (secondary N) is 1. The molecule has 0 radical (unpaired) electrons. The number of methoxy groups -OCH3 is 1. The van der Waals surface area contributed by atoms with Gasteiger partial charge in [0.1, 0.15) is 11.5 Å². The van der Waals surface area contributed by atoms with Crippen LogP contribution in [0.2, 0.25) is 0 Å². The summed E-state index contributed by atoms with van der Waals surface area (Å²) in [5, 5.41) is 1.08. The Labute approximate surface area is 201 Å². The molecule has 5 heteroatoms. The summed E-state index contributed by atoms with van der Waals surface area (Å²) >= 11 is 0. The molecule has 0 aliphatic carbocycles. The Bertz CT molecular complexity index is 1250. The van der Waals surface area contributed by atoms with Crippen molar-refractivity contribution < 1.29 is 14.3 Å². The van der Waals surface area contributed by atoms with Crippen molar-refractivity contribution in [1.29, 1.82) is 0 Å². The number of nitrogens with zero attached hydrogens (tertiary/aromatic N) is 1. The number of benzene rings is 3. The van der Waals surface area contributed by atoms with E-state index in [0.717, 1.165) is 27.8 Å². The van der Waals surface area contributed by atoms with Gasteiger partial charge in [-0.2, -0.15) is 0 Å². The predicted octanol–water partition coefficient (Wildman–Crippen LogP) is 6.10. The molecule has 4 rings (SSSR count). The number of fused-ring (bicyclic) bond motifs is 1. The van der Waals surface area contributed by atoms with E-state index in [1.165, 1.54) is 5.56 Å². The van der Waals surface area contributed by atoms with Crippen LogP contribution in [0.15, 0.2) is 79.0 Å². The first-order chi connectivity index (χ1) is 16.3. The van der Waals surface area contributed by atoms with Crippen molar-refractivity contribution in [1.82, 2.24) is 9.88 Å². The number of hydrogen-bond acceptors (Lipinski definition) is 3. The third-order valence-electron chi connectivity index (χ3n) is 6.21. The maximum Gasteiger partial charge on any atom is 0.261 e. The van der Waals surface area contributed by atoms with Gasteiger partial charge in [0.05, 0.1) is 13.2 Å². The predicted molar refractivity (Wildman–Crippen MR) is 137 cm³/mol. The van der Waals surface area contributed by atoms with Crippen molar-refractivity contribution in [3.63, 3.8) is 0 Å². The fourth-order valence-electron chi connectivity index (χ4n) is 4.16. The molecule has 1 heterocycles. The highest BCUT2D eigenvalue weighted by Gasteiger charge is 2.26. The molecule has 0 bridgehead atoms. The zero-order valence-electron chi connectivity index (χ0n) is 20.5. The van der Waals surface area contributed by atoms with E-state index in [1.807, 2.05) is 67.8 Å². The van der Waals surface area contributed by atoms with E-state index in [0.29, 0.717) is 5.75 Å². The highest BCUT2D eigenvalue weighted by molar-refractivity contribution is 5.85. The van der Waals surface area contributed by atoms with Crippen molar-refractivity contribution >= 4 is 16.8 Å². The molecule has 4 aromatic rings. The van der Waals surface area contributed by atoms with Crippen LogP contribution >= 0.6 is 0 Å². The molecule has 0 aliphatic heterocycles. The van der Waals surface area contributed by atoms with Gasteiger partial charge in [-0.3, -0.25) is 4.79 Å². The highest BCUT2D eigenvalue weighted by atomic mass is 16.5. The smallest absolute Gasteiger partial charge is 0.261 e. The molecule has 0 spiro atoms. The number of likely N-dealkylation sites (N-methyl/N-ethyl adjacent to an activating group) is 1. The van der Waals surface area contributed by atoms with Crippen molar-refractivity contribution in [3.05, 3.63) is 95.7 Å². The molecule has 0 saturated heterocycles. The molecule has 176 valence electrons. The third kappa shape index (κ3) is 4.93. The molecule has 0 fully saturated rings. The van der Waals surface area contributed by atoms with Crippen LogP contribution in [0.25, 0.3) is 10.9 Å². The highest BCUT2D eigenvalue weighted by Crippen LogP contribution is 2.34. The fraction of sp³-hybridized carbons (Fsp3) is 0.276. The first kappa shape index (κ1) is 23.4. The van der Waals surface area contributed by atoms with Crippen LogP contribution in [-0.2, 0) is 10.2 Å². The number of carbonyl (C=O) groups is 1. The second-order valence-electron chi connectivity index (χ2n) is 9.53. The summed E-state index contributed by atoms with van der Waals surface area (Å²) in [6, 6.07) is 23.6. The second-order valence-corrected chi connectivity index (χ2v) is 9.53. The molecule has 3 aromatic carbocycles. The summed E-state index contributed by atoms with van der Waals surface area (Å²) in [7, 11) is 3.47. The maximum atomic E-state index is 13.3. The van der Waals surface area contributed by atoms with Crippen molar-refractivity contribution in [2.24, 2.45) is 0 Å². The maximum absolute atomic E-state index is 13.3. The van der Waals surface area contributed by atoms with Crippen molar-refractivity contribution in [2.45, 2.75) is 32.2 Å². The van der Waals surface area contributed by atoms with Crippen LogP contribution in [0.3, 0.4) is 0 Å². The van der Waals surface area contributed by atoms with E-state index in [4.69, 9.17) is 9.47 Å². The summed E-state index contributed by atoms with van der Waals surface area (Å²) in [5.41, 5.74) is 4.36. The average molecular weight is 457 g/mol. The quantitative estimate of drug-likeness (QED) is 0.366. The zero-order valence-corrected chi connectivity index (χ0v) is 20.5. The summed E-state index contributed by atoms with van der Waals surface area (Å²) in [4.78, 5) is 18.4. The fourth-order valence-corrected chi connectivity index (χ4v) is 4.16. The Morgan fingerprint density at radius 3 is 2.24 bits per heavy atom. The SMILES string of the molecule is COc1ccc([C@H](c2c[nH]c3ccccc23)N(C)C(=O)COc2ccc(C(C)(C)C)cc2)cc1. The lowest BCUT2D eigenvalue weighted by atomic mass is 9.87. The van der Waals surface area contributed by atoms with Crippen LogP contribution in [0.4, 0.5) is 0 Å². The Morgan fingerprint density at radius 1 is 0.941 bits per heavy atom. The van der Waals surface area contributed by atoms with Gasteiger partial charge in [-0.1, -0.05) is 63.2 Å². The number of ether oxygens (including phenoxy) is 2. The number of amides is 1. The number of aromatic nitrogens is 1. The van der Waals surface area contributed by atoms with Crippen LogP contribution in [0, 0.1) is 0 Å². The standard InChI is InChI=1S/C29H32N2O3/c1-29(2,3)21-12-16-23(17-13-21)34-19-27(32)31(4)28(20-10-14-22(33-5)15-11-20)25-18-30-26-9-7-6-8-24(25)26/h6-18,28,30H,19H2,1-5H3/t28-/m1/s1. The lowest BCUT2D eigenvalue weighted by Gasteiger charge is -2.29. The lowest BCUT2D eigenvalue weighted by Crippen LogP contribution is -2.35. The molecular formula is C29H32N2O3. The molecule has 0 saturated carbocycles. The van der Waals surface area contributed by atoms with Gasteiger partial charge < -0.3 is 19.4 Å². The van der Waals surface area contributed by atoms with Gasteiger partial charge in [0.15, 0.2) is 6.61 Å². The van der Waals surface area contributed by atoms with E-state index in [9.17, 15) is 4.79 Å². The Kier molecular flexibility index (Phi) is 6.64. The Morgan fingerprint density at radius 2 is 1.59 bits per heavy atom. The van der Waals surface area contributed by atoms with Gasteiger partial charge in [-0.05, 0) is 46.9 Å². The van der Waals surface area contributed by atoms with E-state index in [-0.39, 0.29) is 24.0 Å².